The maximum atomic E-state index is 13.2. The van der Waals surface area contributed by atoms with Gasteiger partial charge in [-0.05, 0) is 24.5 Å². The first kappa shape index (κ1) is 28.3. The van der Waals surface area contributed by atoms with Crippen molar-refractivity contribution in [3.8, 4) is 0 Å². The second kappa shape index (κ2) is 12.7. The SMILES string of the molecule is CCC(C)C(NC(=O)C(CC(N)=O)NC(=O)C(C)N)C(=O)NC(Cc1c[nH]c2ccccc12)C(=O)O. The Morgan fingerprint density at radius 2 is 1.61 bits per heavy atom. The smallest absolute Gasteiger partial charge is 0.326 e. The van der Waals surface area contributed by atoms with Crippen molar-refractivity contribution in [1.29, 1.82) is 0 Å². The number of amides is 4. The Labute approximate surface area is 208 Å². The highest BCUT2D eigenvalue weighted by Gasteiger charge is 2.33. The van der Waals surface area contributed by atoms with Gasteiger partial charge in [-0.15, -0.1) is 0 Å². The van der Waals surface area contributed by atoms with Crippen molar-refractivity contribution < 1.29 is 29.1 Å². The molecule has 12 heteroatoms. The lowest BCUT2D eigenvalue weighted by Gasteiger charge is -2.27. The van der Waals surface area contributed by atoms with Gasteiger partial charge in [0.2, 0.25) is 23.6 Å². The topological polar surface area (TPSA) is 209 Å². The van der Waals surface area contributed by atoms with Crippen LogP contribution in [0.1, 0.15) is 39.2 Å². The summed E-state index contributed by atoms with van der Waals surface area (Å²) in [6, 6.07) is 2.70. The Hall–Kier alpha value is -3.93. The Morgan fingerprint density at radius 3 is 2.19 bits per heavy atom. The van der Waals surface area contributed by atoms with E-state index in [4.69, 9.17) is 11.5 Å². The number of carboxylic acids is 1. The number of carboxylic acid groups (broad SMARTS) is 1. The fourth-order valence-corrected chi connectivity index (χ4v) is 3.65. The highest BCUT2D eigenvalue weighted by molar-refractivity contribution is 5.96. The fraction of sp³-hybridized carbons (Fsp3) is 0.458. The van der Waals surface area contributed by atoms with Crippen molar-refractivity contribution >= 4 is 40.5 Å². The summed E-state index contributed by atoms with van der Waals surface area (Å²) in [7, 11) is 0. The molecule has 0 aliphatic heterocycles. The van der Waals surface area contributed by atoms with Crippen LogP contribution < -0.4 is 27.4 Å². The van der Waals surface area contributed by atoms with Gasteiger partial charge < -0.3 is 37.5 Å². The molecule has 1 heterocycles. The Balaban J connectivity index is 2.21. The molecule has 196 valence electrons. The molecule has 0 aliphatic rings. The van der Waals surface area contributed by atoms with E-state index in [1.807, 2.05) is 24.3 Å². The summed E-state index contributed by atoms with van der Waals surface area (Å²) in [4.78, 5) is 64.6. The van der Waals surface area contributed by atoms with Crippen LogP contribution in [-0.4, -0.2) is 63.9 Å². The van der Waals surface area contributed by atoms with Crippen LogP contribution in [-0.2, 0) is 30.4 Å². The predicted octanol–water partition coefficient (Wildman–Crippen LogP) is -0.482. The minimum atomic E-state index is -1.35. The zero-order valence-electron chi connectivity index (χ0n) is 20.5. The van der Waals surface area contributed by atoms with E-state index < -0.39 is 66.1 Å². The van der Waals surface area contributed by atoms with Crippen molar-refractivity contribution in [3.05, 3.63) is 36.0 Å². The maximum Gasteiger partial charge on any atom is 0.326 e. The molecule has 0 spiro atoms. The number of nitrogens with two attached hydrogens (primary N) is 2. The highest BCUT2D eigenvalue weighted by Crippen LogP contribution is 2.19. The lowest BCUT2D eigenvalue weighted by Crippen LogP contribution is -2.59. The number of aromatic amines is 1. The zero-order chi connectivity index (χ0) is 27.0. The van der Waals surface area contributed by atoms with Gasteiger partial charge in [-0.3, -0.25) is 19.2 Å². The number of carbonyl (C=O) groups is 5. The quantitative estimate of drug-likeness (QED) is 0.191. The van der Waals surface area contributed by atoms with Crippen LogP contribution in [0.2, 0.25) is 0 Å². The third kappa shape index (κ3) is 7.54. The maximum absolute atomic E-state index is 13.2. The number of carbonyl (C=O) groups excluding carboxylic acids is 4. The van der Waals surface area contributed by atoms with E-state index in [0.717, 1.165) is 10.9 Å². The number of primary amides is 1. The van der Waals surface area contributed by atoms with Gasteiger partial charge in [0.25, 0.3) is 0 Å². The molecule has 0 aliphatic carbocycles. The number of aromatic nitrogens is 1. The molecular weight excluding hydrogens is 468 g/mol. The normalized spacial score (nSPS) is 15.2. The first-order chi connectivity index (χ1) is 16.9. The first-order valence-corrected chi connectivity index (χ1v) is 11.7. The molecule has 0 bridgehead atoms. The van der Waals surface area contributed by atoms with E-state index in [0.29, 0.717) is 12.0 Å². The van der Waals surface area contributed by atoms with Gasteiger partial charge in [0.1, 0.15) is 18.1 Å². The van der Waals surface area contributed by atoms with Crippen LogP contribution in [0.15, 0.2) is 30.5 Å². The lowest BCUT2D eigenvalue weighted by molar-refractivity contribution is -0.142. The molecule has 12 nitrogen and oxygen atoms in total. The number of para-hydroxylation sites is 1. The third-order valence-electron chi connectivity index (χ3n) is 5.96. The minimum Gasteiger partial charge on any atom is -0.480 e. The molecule has 0 fully saturated rings. The molecule has 5 unspecified atom stereocenters. The van der Waals surface area contributed by atoms with Crippen LogP contribution in [0, 0.1) is 5.92 Å². The van der Waals surface area contributed by atoms with Crippen molar-refractivity contribution in [2.45, 2.75) is 64.2 Å². The number of fused-ring (bicyclic) bond motifs is 1. The molecular formula is C24H34N6O6. The van der Waals surface area contributed by atoms with E-state index in [9.17, 15) is 29.1 Å². The molecule has 5 atom stereocenters. The molecule has 2 aromatic rings. The van der Waals surface area contributed by atoms with Crippen molar-refractivity contribution in [2.24, 2.45) is 17.4 Å². The zero-order valence-corrected chi connectivity index (χ0v) is 20.5. The number of rotatable bonds is 13. The van der Waals surface area contributed by atoms with Gasteiger partial charge in [0.05, 0.1) is 12.5 Å². The van der Waals surface area contributed by atoms with Crippen molar-refractivity contribution in [2.75, 3.05) is 0 Å². The van der Waals surface area contributed by atoms with Crippen LogP contribution in [0.3, 0.4) is 0 Å². The number of H-pyrrole nitrogens is 1. The summed E-state index contributed by atoms with van der Waals surface area (Å²) in [5, 5.41) is 18.0. The van der Waals surface area contributed by atoms with Crippen molar-refractivity contribution in [1.82, 2.24) is 20.9 Å². The molecule has 1 aromatic carbocycles. The summed E-state index contributed by atoms with van der Waals surface area (Å²) in [5.74, 6) is -4.67. The largest absolute Gasteiger partial charge is 0.480 e. The van der Waals surface area contributed by atoms with Crippen LogP contribution in [0.4, 0.5) is 0 Å². The third-order valence-corrected chi connectivity index (χ3v) is 5.96. The highest BCUT2D eigenvalue weighted by atomic mass is 16.4. The number of aliphatic carboxylic acids is 1. The Bertz CT molecular complexity index is 1110. The Morgan fingerprint density at radius 1 is 0.972 bits per heavy atom. The molecule has 36 heavy (non-hydrogen) atoms. The average Bonchev–Trinajstić information content (AvgIpc) is 3.23. The summed E-state index contributed by atoms with van der Waals surface area (Å²) in [5.41, 5.74) is 12.3. The van der Waals surface area contributed by atoms with Gasteiger partial charge >= 0.3 is 5.97 Å². The summed E-state index contributed by atoms with van der Waals surface area (Å²) in [6.07, 6.45) is 1.68. The van der Waals surface area contributed by atoms with Crippen LogP contribution >= 0.6 is 0 Å². The molecule has 9 N–H and O–H groups in total. The summed E-state index contributed by atoms with van der Waals surface area (Å²) >= 11 is 0. The van der Waals surface area contributed by atoms with Gasteiger partial charge in [-0.25, -0.2) is 4.79 Å². The van der Waals surface area contributed by atoms with E-state index in [1.54, 1.807) is 20.0 Å². The number of hydrogen-bond acceptors (Lipinski definition) is 6. The van der Waals surface area contributed by atoms with Crippen LogP contribution in [0.25, 0.3) is 10.9 Å². The van der Waals surface area contributed by atoms with Crippen molar-refractivity contribution in [3.63, 3.8) is 0 Å². The Kier molecular flexibility index (Phi) is 9.97. The number of hydrogen-bond donors (Lipinski definition) is 7. The first-order valence-electron chi connectivity index (χ1n) is 11.7. The van der Waals surface area contributed by atoms with Gasteiger partial charge in [-0.2, -0.15) is 0 Å². The van der Waals surface area contributed by atoms with E-state index in [2.05, 4.69) is 20.9 Å². The fourth-order valence-electron chi connectivity index (χ4n) is 3.65. The predicted molar refractivity (Wildman–Crippen MR) is 132 cm³/mol. The lowest BCUT2D eigenvalue weighted by atomic mass is 9.96. The van der Waals surface area contributed by atoms with Gasteiger partial charge in [0.15, 0.2) is 0 Å². The second-order valence-corrected chi connectivity index (χ2v) is 8.86. The molecule has 1 aromatic heterocycles. The summed E-state index contributed by atoms with van der Waals surface area (Å²) < 4.78 is 0. The monoisotopic (exact) mass is 502 g/mol. The van der Waals surface area contributed by atoms with E-state index in [1.165, 1.54) is 6.92 Å². The second-order valence-electron chi connectivity index (χ2n) is 8.86. The van der Waals surface area contributed by atoms with Crippen LogP contribution in [0.5, 0.6) is 0 Å². The molecule has 4 amide bonds. The average molecular weight is 503 g/mol. The molecule has 0 saturated carbocycles. The van der Waals surface area contributed by atoms with Gasteiger partial charge in [0, 0.05) is 23.5 Å². The molecule has 2 rings (SSSR count). The van der Waals surface area contributed by atoms with E-state index >= 15 is 0 Å². The molecule has 0 radical (unpaired) electrons. The van der Waals surface area contributed by atoms with Gasteiger partial charge in [-0.1, -0.05) is 38.5 Å². The standard InChI is InChI=1S/C24H34N6O6/c1-4-12(2)20(30-22(33)17(10-19(26)31)28-21(32)13(3)25)23(34)29-18(24(35)36)9-14-11-27-16-8-6-5-7-15(14)16/h5-8,11-13,17-18,20,27H,4,9-10,25H2,1-3H3,(H2,26,31)(H,28,32)(H,29,34)(H,30,33)(H,35,36). The minimum absolute atomic E-state index is 0.0149. The summed E-state index contributed by atoms with van der Waals surface area (Å²) in [6.45, 7) is 4.92. The van der Waals surface area contributed by atoms with E-state index in [-0.39, 0.29) is 6.42 Å². The number of nitrogens with one attached hydrogen (secondary N) is 4. The number of benzene rings is 1. The molecule has 0 saturated heterocycles.